The molecule has 3 nitrogen and oxygen atoms in total. The Kier molecular flexibility index (Phi) is 5.22. The van der Waals surface area contributed by atoms with Crippen molar-refractivity contribution in [2.45, 2.75) is 91.0 Å². The maximum Gasteiger partial charge on any atom is 0.220 e. The zero-order valence-electron chi connectivity index (χ0n) is 19.2. The summed E-state index contributed by atoms with van der Waals surface area (Å²) in [4.78, 5) is 16.7. The number of carbonyl (C=O) groups is 1. The Bertz CT molecular complexity index is 778. The van der Waals surface area contributed by atoms with E-state index in [1.54, 1.807) is 0 Å². The molecule has 1 amide bonds. The van der Waals surface area contributed by atoms with Crippen molar-refractivity contribution in [3.63, 3.8) is 0 Å². The van der Waals surface area contributed by atoms with E-state index in [0.29, 0.717) is 16.9 Å². The first kappa shape index (κ1) is 20.5. The Morgan fingerprint density at radius 3 is 2.67 bits per heavy atom. The van der Waals surface area contributed by atoms with Crippen molar-refractivity contribution >= 4 is 5.91 Å². The Morgan fingerprint density at radius 1 is 1.07 bits per heavy atom. The van der Waals surface area contributed by atoms with Gasteiger partial charge in [0.05, 0.1) is 0 Å². The van der Waals surface area contributed by atoms with Crippen molar-refractivity contribution in [2.24, 2.45) is 40.4 Å². The Hall–Kier alpha value is -1.38. The first-order valence-corrected chi connectivity index (χ1v) is 12.6. The molecule has 0 aromatic carbocycles. The lowest BCUT2D eigenvalue weighted by Gasteiger charge is -2.60. The van der Waals surface area contributed by atoms with Crippen LogP contribution in [-0.2, 0) is 11.2 Å². The second-order valence-electron chi connectivity index (χ2n) is 11.5. The fourth-order valence-electron chi connectivity index (χ4n) is 8.88. The van der Waals surface area contributed by atoms with E-state index in [4.69, 9.17) is 0 Å². The molecule has 3 heteroatoms. The fraction of sp³-hybridized carbons (Fsp3) is 0.778. The van der Waals surface area contributed by atoms with Gasteiger partial charge in [0.2, 0.25) is 5.91 Å². The maximum atomic E-state index is 12.0. The van der Waals surface area contributed by atoms with E-state index in [9.17, 15) is 4.79 Å². The molecule has 0 spiro atoms. The van der Waals surface area contributed by atoms with Gasteiger partial charge in [-0.25, -0.2) is 0 Å². The van der Waals surface area contributed by atoms with Crippen molar-refractivity contribution in [1.82, 2.24) is 10.3 Å². The molecule has 5 rings (SSSR count). The van der Waals surface area contributed by atoms with Crippen LogP contribution in [0.25, 0.3) is 0 Å². The van der Waals surface area contributed by atoms with E-state index < -0.39 is 0 Å². The minimum absolute atomic E-state index is 0.290. The van der Waals surface area contributed by atoms with E-state index in [1.807, 2.05) is 12.3 Å². The second-order valence-corrected chi connectivity index (χ2v) is 11.5. The van der Waals surface area contributed by atoms with Gasteiger partial charge in [-0.3, -0.25) is 9.78 Å². The standard InChI is InChI=1S/C27H40N2O/c1-4-18(17-19-7-5-6-16-28-19)21-9-10-22-20-8-11-24-27(3,15-13-25(30)29-24)23(20)12-14-26(21,22)2/h5-7,16,18,20-24H,4,8-15,17H2,1-3H3,(H,29,30)/t18?,20-,21+,22-,23-,24?,26+,27+/m0/s1. The van der Waals surface area contributed by atoms with Crippen molar-refractivity contribution in [1.29, 1.82) is 0 Å². The lowest BCUT2D eigenvalue weighted by Crippen LogP contribution is -2.61. The van der Waals surface area contributed by atoms with Crippen molar-refractivity contribution < 1.29 is 4.79 Å². The summed E-state index contributed by atoms with van der Waals surface area (Å²) >= 11 is 0. The molecule has 1 N–H and O–H groups in total. The monoisotopic (exact) mass is 408 g/mol. The van der Waals surface area contributed by atoms with Gasteiger partial charge in [0, 0.05) is 24.4 Å². The minimum atomic E-state index is 0.290. The summed E-state index contributed by atoms with van der Waals surface area (Å²) in [6.07, 6.45) is 14.3. The van der Waals surface area contributed by atoms with Gasteiger partial charge in [-0.15, -0.1) is 0 Å². The first-order chi connectivity index (χ1) is 14.5. The highest BCUT2D eigenvalue weighted by Gasteiger charge is 2.60. The lowest BCUT2D eigenvalue weighted by molar-refractivity contribution is -0.137. The number of hydrogen-bond acceptors (Lipinski definition) is 2. The normalized spacial score (nSPS) is 43.8. The highest BCUT2D eigenvalue weighted by Crippen LogP contribution is 2.66. The molecule has 8 atom stereocenters. The number of nitrogens with zero attached hydrogens (tertiary/aromatic N) is 1. The summed E-state index contributed by atoms with van der Waals surface area (Å²) in [5.74, 6) is 4.45. The number of rotatable bonds is 4. The highest BCUT2D eigenvalue weighted by molar-refractivity contribution is 5.77. The van der Waals surface area contributed by atoms with Crippen LogP contribution in [0.3, 0.4) is 0 Å². The number of nitrogens with one attached hydrogen (secondary N) is 1. The number of carbonyl (C=O) groups excluding carboxylic acids is 1. The average molecular weight is 409 g/mol. The number of aromatic nitrogens is 1. The molecule has 3 aliphatic carbocycles. The number of amides is 1. The molecule has 3 saturated carbocycles. The van der Waals surface area contributed by atoms with Crippen molar-refractivity contribution in [2.75, 3.05) is 0 Å². The predicted octanol–water partition coefficient (Wildman–Crippen LogP) is 5.79. The Morgan fingerprint density at radius 2 is 1.90 bits per heavy atom. The summed E-state index contributed by atoms with van der Waals surface area (Å²) in [6.45, 7) is 7.57. The van der Waals surface area contributed by atoms with E-state index in [1.165, 1.54) is 50.6 Å². The Labute approximate surface area is 182 Å². The largest absolute Gasteiger partial charge is 0.353 e. The number of fused-ring (bicyclic) bond motifs is 5. The van der Waals surface area contributed by atoms with Crippen LogP contribution in [0.5, 0.6) is 0 Å². The summed E-state index contributed by atoms with van der Waals surface area (Å²) in [7, 11) is 0. The molecule has 4 aliphatic rings. The molecule has 4 fully saturated rings. The van der Waals surface area contributed by atoms with E-state index in [2.05, 4.69) is 43.2 Å². The quantitative estimate of drug-likeness (QED) is 0.685. The van der Waals surface area contributed by atoms with Crippen LogP contribution in [0.2, 0.25) is 0 Å². The Balaban J connectivity index is 1.37. The third kappa shape index (κ3) is 3.14. The molecule has 0 radical (unpaired) electrons. The number of piperidine rings is 1. The maximum absolute atomic E-state index is 12.0. The molecule has 2 unspecified atom stereocenters. The van der Waals surface area contributed by atoms with Crippen molar-refractivity contribution in [3.05, 3.63) is 30.1 Å². The molecule has 1 saturated heterocycles. The second kappa shape index (κ2) is 7.64. The van der Waals surface area contributed by atoms with Crippen LogP contribution >= 0.6 is 0 Å². The molecule has 30 heavy (non-hydrogen) atoms. The molecular weight excluding hydrogens is 368 g/mol. The summed E-state index contributed by atoms with van der Waals surface area (Å²) in [5, 5.41) is 3.38. The van der Waals surface area contributed by atoms with Crippen LogP contribution in [-0.4, -0.2) is 16.9 Å². The van der Waals surface area contributed by atoms with Crippen LogP contribution < -0.4 is 5.32 Å². The topological polar surface area (TPSA) is 42.0 Å². The van der Waals surface area contributed by atoms with Gasteiger partial charge < -0.3 is 5.32 Å². The molecule has 1 aromatic heterocycles. The van der Waals surface area contributed by atoms with E-state index >= 15 is 0 Å². The average Bonchev–Trinajstić information content (AvgIpc) is 3.10. The van der Waals surface area contributed by atoms with Gasteiger partial charge in [-0.1, -0.05) is 33.3 Å². The first-order valence-electron chi connectivity index (χ1n) is 12.6. The van der Waals surface area contributed by atoms with Gasteiger partial charge in [-0.05, 0) is 104 Å². The summed E-state index contributed by atoms with van der Waals surface area (Å²) < 4.78 is 0. The van der Waals surface area contributed by atoms with Crippen molar-refractivity contribution in [3.8, 4) is 0 Å². The van der Waals surface area contributed by atoms with Gasteiger partial charge >= 0.3 is 0 Å². The lowest BCUT2D eigenvalue weighted by atomic mass is 9.46. The smallest absolute Gasteiger partial charge is 0.220 e. The predicted molar refractivity (Wildman–Crippen MR) is 121 cm³/mol. The molecule has 2 heterocycles. The third-order valence-electron chi connectivity index (χ3n) is 10.5. The van der Waals surface area contributed by atoms with Gasteiger partial charge in [0.1, 0.15) is 0 Å². The summed E-state index contributed by atoms with van der Waals surface area (Å²) in [6, 6.07) is 6.81. The van der Waals surface area contributed by atoms with Crippen LogP contribution in [0, 0.1) is 40.4 Å². The zero-order chi connectivity index (χ0) is 20.9. The minimum Gasteiger partial charge on any atom is -0.353 e. The van der Waals surface area contributed by atoms with Gasteiger partial charge in [0.15, 0.2) is 0 Å². The molecular formula is C27H40N2O. The molecule has 1 aromatic rings. The molecule has 1 aliphatic heterocycles. The zero-order valence-corrected chi connectivity index (χ0v) is 19.2. The number of hydrogen-bond donors (Lipinski definition) is 1. The highest BCUT2D eigenvalue weighted by atomic mass is 16.1. The van der Waals surface area contributed by atoms with E-state index in [0.717, 1.165) is 48.9 Å². The van der Waals surface area contributed by atoms with E-state index in [-0.39, 0.29) is 5.91 Å². The number of pyridine rings is 1. The van der Waals surface area contributed by atoms with Gasteiger partial charge in [0.25, 0.3) is 0 Å². The van der Waals surface area contributed by atoms with Crippen LogP contribution in [0.1, 0.15) is 84.3 Å². The van der Waals surface area contributed by atoms with Crippen LogP contribution in [0.15, 0.2) is 24.4 Å². The van der Waals surface area contributed by atoms with Gasteiger partial charge in [-0.2, -0.15) is 0 Å². The molecule has 164 valence electrons. The third-order valence-corrected chi connectivity index (χ3v) is 10.5. The SMILES string of the molecule is CCC(Cc1ccccn1)[C@H]1CC[C@H]2[C@@H]3CCC4NC(=O)CC[C@]4(C)[C@H]3CC[C@]12C. The molecule has 0 bridgehead atoms. The van der Waals surface area contributed by atoms with Crippen LogP contribution in [0.4, 0.5) is 0 Å². The summed E-state index contributed by atoms with van der Waals surface area (Å²) in [5.41, 5.74) is 2.10. The fourth-order valence-corrected chi connectivity index (χ4v) is 8.88.